The Morgan fingerprint density at radius 2 is 1.70 bits per heavy atom. The largest absolute Gasteiger partial charge is 0.361 e. The van der Waals surface area contributed by atoms with Crippen LogP contribution in [0.4, 0.5) is 0 Å². The van der Waals surface area contributed by atoms with Gasteiger partial charge in [-0.15, -0.1) is 0 Å². The number of hydrogen-bond donors (Lipinski definition) is 1. The highest BCUT2D eigenvalue weighted by Crippen LogP contribution is 2.21. The van der Waals surface area contributed by atoms with E-state index in [0.717, 1.165) is 31.5 Å². The van der Waals surface area contributed by atoms with Gasteiger partial charge in [-0.2, -0.15) is 0 Å². The maximum atomic E-state index is 4.88. The van der Waals surface area contributed by atoms with E-state index in [1.54, 1.807) is 0 Å². The molecule has 152 valence electrons. The molecule has 0 unspecified atom stereocenters. The predicted molar refractivity (Wildman–Crippen MR) is 129 cm³/mol. The minimum Gasteiger partial charge on any atom is -0.361 e. The van der Waals surface area contributed by atoms with Crippen molar-refractivity contribution in [3.05, 3.63) is 106 Å². The lowest BCUT2D eigenvalue weighted by Crippen LogP contribution is -2.00. The van der Waals surface area contributed by atoms with Crippen LogP contribution in [-0.4, -0.2) is 17.2 Å². The molecule has 3 aromatic carbocycles. The first-order chi connectivity index (χ1) is 14.6. The minimum atomic E-state index is 0.803. The Balaban J connectivity index is 1.45. The number of fused-ring (bicyclic) bond motifs is 1. The van der Waals surface area contributed by atoms with Crippen molar-refractivity contribution in [1.29, 1.82) is 0 Å². The second-order valence-corrected chi connectivity index (χ2v) is 8.13. The number of aromatic nitrogens is 1. The molecule has 0 saturated heterocycles. The van der Waals surface area contributed by atoms with Crippen LogP contribution in [0.25, 0.3) is 10.9 Å². The van der Waals surface area contributed by atoms with Crippen molar-refractivity contribution in [2.24, 2.45) is 4.99 Å². The van der Waals surface area contributed by atoms with Crippen molar-refractivity contribution in [3.63, 3.8) is 0 Å². The Morgan fingerprint density at radius 1 is 0.900 bits per heavy atom. The maximum absolute atomic E-state index is 4.88. The van der Waals surface area contributed by atoms with Crippen LogP contribution < -0.4 is 0 Å². The second-order valence-electron chi connectivity index (χ2n) is 8.13. The van der Waals surface area contributed by atoms with Crippen LogP contribution >= 0.6 is 0 Å². The average Bonchev–Trinajstić information content (AvgIpc) is 3.16. The highest BCUT2D eigenvalue weighted by atomic mass is 14.7. The van der Waals surface area contributed by atoms with Crippen LogP contribution in [0.5, 0.6) is 0 Å². The van der Waals surface area contributed by atoms with Gasteiger partial charge in [0.05, 0.1) is 0 Å². The van der Waals surface area contributed by atoms with Crippen molar-refractivity contribution >= 4 is 16.6 Å². The topological polar surface area (TPSA) is 28.1 Å². The molecule has 4 rings (SSSR count). The van der Waals surface area contributed by atoms with E-state index in [1.807, 2.05) is 0 Å². The predicted octanol–water partition coefficient (Wildman–Crippen LogP) is 6.68. The molecule has 0 aliphatic rings. The molecule has 0 aliphatic carbocycles. The van der Waals surface area contributed by atoms with E-state index in [9.17, 15) is 0 Å². The van der Waals surface area contributed by atoms with Gasteiger partial charge < -0.3 is 4.98 Å². The van der Waals surface area contributed by atoms with Crippen molar-refractivity contribution in [1.82, 2.24) is 4.98 Å². The van der Waals surface area contributed by atoms with Gasteiger partial charge in [0, 0.05) is 29.4 Å². The van der Waals surface area contributed by atoms with Crippen molar-refractivity contribution in [2.45, 2.75) is 40.0 Å². The van der Waals surface area contributed by atoms with Crippen LogP contribution in [0.1, 0.15) is 47.2 Å². The Kier molecular flexibility index (Phi) is 6.13. The Bertz CT molecular complexity index is 1180. The average molecular weight is 395 g/mol. The molecule has 0 radical (unpaired) electrons. The summed E-state index contributed by atoms with van der Waals surface area (Å²) in [6.07, 6.45) is 5.11. The molecule has 1 aromatic heterocycles. The first kappa shape index (κ1) is 20.2. The first-order valence-corrected chi connectivity index (χ1v) is 10.9. The molecule has 0 saturated carbocycles. The van der Waals surface area contributed by atoms with Gasteiger partial charge in [-0.1, -0.05) is 61.0 Å². The maximum Gasteiger partial charge on any atom is 0.0456 e. The number of aromatic amines is 1. The van der Waals surface area contributed by atoms with Crippen molar-refractivity contribution in [3.8, 4) is 0 Å². The number of aliphatic imine (C=N–C) groups is 1. The lowest BCUT2D eigenvalue weighted by Gasteiger charge is -2.07. The summed E-state index contributed by atoms with van der Waals surface area (Å²) in [6, 6.07) is 24.2. The lowest BCUT2D eigenvalue weighted by molar-refractivity contribution is 0.974. The molecule has 0 bridgehead atoms. The molecule has 1 heterocycles. The molecule has 2 heteroatoms. The standard InChI is InChI=1S/C28H30N2/c1-4-22-11-12-28-27(18-22)26(19-30-28)13-14-29-21(3)25-10-6-9-24(17-25)16-23-8-5-7-20(2)15-23/h5-12,15,17-19,30H,4,13-14,16H2,1-3H3. The van der Waals surface area contributed by atoms with Gasteiger partial charge in [-0.3, -0.25) is 4.99 Å². The third-order valence-corrected chi connectivity index (χ3v) is 5.81. The molecule has 0 aliphatic heterocycles. The SMILES string of the molecule is CCc1ccc2[nH]cc(CCN=C(C)c3cccc(Cc4cccc(C)c4)c3)c2c1. The van der Waals surface area contributed by atoms with Crippen LogP contribution in [0.2, 0.25) is 0 Å². The summed E-state index contributed by atoms with van der Waals surface area (Å²) < 4.78 is 0. The summed E-state index contributed by atoms with van der Waals surface area (Å²) in [5, 5.41) is 1.34. The zero-order valence-corrected chi connectivity index (χ0v) is 18.2. The molecule has 30 heavy (non-hydrogen) atoms. The van der Waals surface area contributed by atoms with Gasteiger partial charge in [-0.05, 0) is 79.1 Å². The third kappa shape index (κ3) is 4.71. The zero-order valence-electron chi connectivity index (χ0n) is 18.2. The number of nitrogens with zero attached hydrogens (tertiary/aromatic N) is 1. The summed E-state index contributed by atoms with van der Waals surface area (Å²) in [5.41, 5.74) is 10.3. The van der Waals surface area contributed by atoms with E-state index < -0.39 is 0 Å². The summed E-state index contributed by atoms with van der Waals surface area (Å²) in [6.45, 7) is 7.27. The van der Waals surface area contributed by atoms with E-state index in [2.05, 4.69) is 98.7 Å². The number of benzene rings is 3. The van der Waals surface area contributed by atoms with Crippen LogP contribution in [-0.2, 0) is 19.3 Å². The third-order valence-electron chi connectivity index (χ3n) is 5.81. The Morgan fingerprint density at radius 3 is 2.50 bits per heavy atom. The molecule has 0 spiro atoms. The number of H-pyrrole nitrogens is 1. The van der Waals surface area contributed by atoms with Gasteiger partial charge in [0.2, 0.25) is 0 Å². The Hall–Kier alpha value is -3.13. The van der Waals surface area contributed by atoms with Crippen LogP contribution in [0.3, 0.4) is 0 Å². The molecule has 0 fully saturated rings. The van der Waals surface area contributed by atoms with Gasteiger partial charge in [-0.25, -0.2) is 0 Å². The van der Waals surface area contributed by atoms with Crippen molar-refractivity contribution in [2.75, 3.05) is 6.54 Å². The summed E-state index contributed by atoms with van der Waals surface area (Å²) in [7, 11) is 0. The quantitative estimate of drug-likeness (QED) is 0.339. The van der Waals surface area contributed by atoms with Crippen LogP contribution in [0, 0.1) is 6.92 Å². The fourth-order valence-electron chi connectivity index (χ4n) is 4.05. The molecular weight excluding hydrogens is 364 g/mol. The first-order valence-electron chi connectivity index (χ1n) is 10.9. The highest BCUT2D eigenvalue weighted by Gasteiger charge is 2.05. The summed E-state index contributed by atoms with van der Waals surface area (Å²) in [5.74, 6) is 0. The highest BCUT2D eigenvalue weighted by molar-refractivity contribution is 5.98. The van der Waals surface area contributed by atoms with E-state index in [0.29, 0.717) is 0 Å². The summed E-state index contributed by atoms with van der Waals surface area (Å²) in [4.78, 5) is 8.28. The fraction of sp³-hybridized carbons (Fsp3) is 0.250. The molecular formula is C28H30N2. The smallest absolute Gasteiger partial charge is 0.0456 e. The van der Waals surface area contributed by atoms with E-state index in [-0.39, 0.29) is 0 Å². The number of nitrogens with one attached hydrogen (secondary N) is 1. The van der Waals surface area contributed by atoms with Gasteiger partial charge in [0.25, 0.3) is 0 Å². The summed E-state index contributed by atoms with van der Waals surface area (Å²) >= 11 is 0. The molecule has 0 atom stereocenters. The molecule has 1 N–H and O–H groups in total. The van der Waals surface area contributed by atoms with E-state index in [1.165, 1.54) is 44.3 Å². The molecule has 0 amide bonds. The minimum absolute atomic E-state index is 0.803. The molecule has 2 nitrogen and oxygen atoms in total. The lowest BCUT2D eigenvalue weighted by atomic mass is 10.0. The van der Waals surface area contributed by atoms with Crippen molar-refractivity contribution < 1.29 is 0 Å². The van der Waals surface area contributed by atoms with E-state index >= 15 is 0 Å². The second kappa shape index (κ2) is 9.13. The van der Waals surface area contributed by atoms with Crippen LogP contribution in [0.15, 0.2) is 77.9 Å². The fourth-order valence-corrected chi connectivity index (χ4v) is 4.05. The number of rotatable bonds is 7. The zero-order chi connectivity index (χ0) is 20.9. The number of hydrogen-bond acceptors (Lipinski definition) is 1. The normalized spacial score (nSPS) is 11.9. The van der Waals surface area contributed by atoms with E-state index in [4.69, 9.17) is 4.99 Å². The van der Waals surface area contributed by atoms with Gasteiger partial charge >= 0.3 is 0 Å². The molecule has 4 aromatic rings. The van der Waals surface area contributed by atoms with Gasteiger partial charge in [0.15, 0.2) is 0 Å². The monoisotopic (exact) mass is 394 g/mol. The van der Waals surface area contributed by atoms with Gasteiger partial charge in [0.1, 0.15) is 0 Å². The Labute approximate surface area is 179 Å². The number of aryl methyl sites for hydroxylation is 2.